The SMILES string of the molecule is CS(=O)(=O)C(N)c1cccc(O)c1. The smallest absolute Gasteiger partial charge is 0.167 e. The molecule has 0 radical (unpaired) electrons. The van der Waals surface area contributed by atoms with Crippen LogP contribution in [-0.4, -0.2) is 19.8 Å². The van der Waals surface area contributed by atoms with Crippen molar-refractivity contribution in [2.75, 3.05) is 6.26 Å². The first-order chi connectivity index (χ1) is 5.91. The van der Waals surface area contributed by atoms with Crippen LogP contribution in [0.2, 0.25) is 0 Å². The van der Waals surface area contributed by atoms with E-state index < -0.39 is 15.2 Å². The van der Waals surface area contributed by atoms with Crippen LogP contribution >= 0.6 is 0 Å². The molecule has 0 spiro atoms. The largest absolute Gasteiger partial charge is 0.508 e. The van der Waals surface area contributed by atoms with E-state index in [4.69, 9.17) is 10.8 Å². The molecule has 0 aliphatic rings. The summed E-state index contributed by atoms with van der Waals surface area (Å²) in [6.45, 7) is 0. The van der Waals surface area contributed by atoms with Crippen molar-refractivity contribution < 1.29 is 13.5 Å². The quantitative estimate of drug-likeness (QED) is 0.725. The van der Waals surface area contributed by atoms with E-state index in [-0.39, 0.29) is 5.75 Å². The predicted molar refractivity (Wildman–Crippen MR) is 49.9 cm³/mol. The number of rotatable bonds is 2. The number of sulfone groups is 1. The topological polar surface area (TPSA) is 80.4 Å². The van der Waals surface area contributed by atoms with Gasteiger partial charge in [0.05, 0.1) is 0 Å². The lowest BCUT2D eigenvalue weighted by molar-refractivity contribution is 0.474. The number of nitrogens with two attached hydrogens (primary N) is 1. The molecule has 0 fully saturated rings. The van der Waals surface area contributed by atoms with Crippen LogP contribution in [-0.2, 0) is 9.84 Å². The Hall–Kier alpha value is -1.07. The van der Waals surface area contributed by atoms with Gasteiger partial charge in [0.15, 0.2) is 9.84 Å². The third-order valence-electron chi connectivity index (χ3n) is 1.66. The lowest BCUT2D eigenvalue weighted by atomic mass is 10.2. The molecule has 1 unspecified atom stereocenters. The Balaban J connectivity index is 3.10. The van der Waals surface area contributed by atoms with Gasteiger partial charge < -0.3 is 10.8 Å². The van der Waals surface area contributed by atoms with Crippen LogP contribution in [0, 0.1) is 0 Å². The third kappa shape index (κ3) is 2.43. The Labute approximate surface area is 76.9 Å². The molecule has 0 saturated heterocycles. The number of benzene rings is 1. The highest BCUT2D eigenvalue weighted by Crippen LogP contribution is 2.19. The highest BCUT2D eigenvalue weighted by molar-refractivity contribution is 7.90. The summed E-state index contributed by atoms with van der Waals surface area (Å²) in [5.74, 6) is 0.0107. The maximum Gasteiger partial charge on any atom is 0.167 e. The van der Waals surface area contributed by atoms with Crippen molar-refractivity contribution in [3.8, 4) is 5.75 Å². The summed E-state index contributed by atoms with van der Waals surface area (Å²) in [6, 6.07) is 5.91. The average molecular weight is 201 g/mol. The zero-order valence-corrected chi connectivity index (χ0v) is 7.95. The molecule has 13 heavy (non-hydrogen) atoms. The second-order valence-corrected chi connectivity index (χ2v) is 5.01. The molecule has 0 saturated carbocycles. The summed E-state index contributed by atoms with van der Waals surface area (Å²) in [7, 11) is -3.31. The molecule has 1 aromatic rings. The highest BCUT2D eigenvalue weighted by Gasteiger charge is 2.17. The van der Waals surface area contributed by atoms with E-state index in [9.17, 15) is 8.42 Å². The molecule has 0 aliphatic carbocycles. The molecule has 5 heteroatoms. The number of aromatic hydroxyl groups is 1. The van der Waals surface area contributed by atoms with Crippen LogP contribution in [0.4, 0.5) is 0 Å². The fraction of sp³-hybridized carbons (Fsp3) is 0.250. The van der Waals surface area contributed by atoms with Crippen LogP contribution in [0.5, 0.6) is 5.75 Å². The van der Waals surface area contributed by atoms with Gasteiger partial charge in [-0.2, -0.15) is 0 Å². The van der Waals surface area contributed by atoms with E-state index in [1.807, 2.05) is 0 Å². The van der Waals surface area contributed by atoms with E-state index in [2.05, 4.69) is 0 Å². The van der Waals surface area contributed by atoms with Gasteiger partial charge in [-0.1, -0.05) is 12.1 Å². The van der Waals surface area contributed by atoms with Crippen LogP contribution in [0.3, 0.4) is 0 Å². The molecule has 1 atom stereocenters. The van der Waals surface area contributed by atoms with Gasteiger partial charge >= 0.3 is 0 Å². The van der Waals surface area contributed by atoms with Gasteiger partial charge in [-0.15, -0.1) is 0 Å². The van der Waals surface area contributed by atoms with E-state index in [1.165, 1.54) is 12.1 Å². The van der Waals surface area contributed by atoms with Gasteiger partial charge in [0, 0.05) is 6.26 Å². The Morgan fingerprint density at radius 3 is 2.54 bits per heavy atom. The van der Waals surface area contributed by atoms with Gasteiger partial charge in [-0.3, -0.25) is 0 Å². The van der Waals surface area contributed by atoms with E-state index in [1.54, 1.807) is 12.1 Å². The average Bonchev–Trinajstić information content (AvgIpc) is 2.01. The molecule has 72 valence electrons. The second-order valence-electron chi connectivity index (χ2n) is 2.85. The predicted octanol–water partition coefficient (Wildman–Crippen LogP) is 0.394. The summed E-state index contributed by atoms with van der Waals surface area (Å²) in [5, 5.41) is 8.01. The molecule has 4 nitrogen and oxygen atoms in total. The summed E-state index contributed by atoms with van der Waals surface area (Å²) in [4.78, 5) is 0. The molecule has 0 heterocycles. The molecule has 1 aromatic carbocycles. The van der Waals surface area contributed by atoms with Gasteiger partial charge in [0.25, 0.3) is 0 Å². The van der Waals surface area contributed by atoms with Crippen molar-refractivity contribution in [3.63, 3.8) is 0 Å². The van der Waals surface area contributed by atoms with Gasteiger partial charge in [-0.25, -0.2) is 8.42 Å². The lowest BCUT2D eigenvalue weighted by Crippen LogP contribution is -2.20. The lowest BCUT2D eigenvalue weighted by Gasteiger charge is -2.09. The first-order valence-electron chi connectivity index (χ1n) is 3.64. The number of hydrogen-bond donors (Lipinski definition) is 2. The van der Waals surface area contributed by atoms with Crippen molar-refractivity contribution in [3.05, 3.63) is 29.8 Å². The van der Waals surface area contributed by atoms with Crippen LogP contribution in [0.15, 0.2) is 24.3 Å². The Bertz CT molecular complexity index is 400. The number of phenols is 1. The van der Waals surface area contributed by atoms with Crippen LogP contribution in [0.1, 0.15) is 10.9 Å². The Morgan fingerprint density at radius 1 is 1.46 bits per heavy atom. The van der Waals surface area contributed by atoms with Gasteiger partial charge in [-0.05, 0) is 17.7 Å². The first-order valence-corrected chi connectivity index (χ1v) is 5.60. The highest BCUT2D eigenvalue weighted by atomic mass is 32.2. The van der Waals surface area contributed by atoms with Crippen LogP contribution in [0.25, 0.3) is 0 Å². The number of phenolic OH excluding ortho intramolecular Hbond substituents is 1. The molecule has 3 N–H and O–H groups in total. The monoisotopic (exact) mass is 201 g/mol. The molecule has 0 aliphatic heterocycles. The fourth-order valence-corrected chi connectivity index (χ4v) is 1.59. The molecular formula is C8H11NO3S. The van der Waals surface area contributed by atoms with Gasteiger partial charge in [0.2, 0.25) is 0 Å². The van der Waals surface area contributed by atoms with E-state index >= 15 is 0 Å². The maximum absolute atomic E-state index is 11.0. The van der Waals surface area contributed by atoms with Crippen molar-refractivity contribution in [2.45, 2.75) is 5.37 Å². The van der Waals surface area contributed by atoms with Crippen LogP contribution < -0.4 is 5.73 Å². The molecular weight excluding hydrogens is 190 g/mol. The zero-order valence-electron chi connectivity index (χ0n) is 7.14. The zero-order chi connectivity index (χ0) is 10.1. The number of hydrogen-bond acceptors (Lipinski definition) is 4. The Morgan fingerprint density at radius 2 is 2.08 bits per heavy atom. The summed E-state index contributed by atoms with van der Waals surface area (Å²) in [6.07, 6.45) is 1.06. The minimum atomic E-state index is -3.31. The summed E-state index contributed by atoms with van der Waals surface area (Å²) >= 11 is 0. The molecule has 0 bridgehead atoms. The summed E-state index contributed by atoms with van der Waals surface area (Å²) < 4.78 is 22.1. The normalized spacial score (nSPS) is 14.0. The van der Waals surface area contributed by atoms with E-state index in [0.717, 1.165) is 6.26 Å². The standard InChI is InChI=1S/C8H11NO3S/c1-13(11,12)8(9)6-3-2-4-7(10)5-6/h2-5,8,10H,9H2,1H3. The van der Waals surface area contributed by atoms with Crippen molar-refractivity contribution in [1.29, 1.82) is 0 Å². The fourth-order valence-electron chi connectivity index (χ4n) is 0.949. The first kappa shape index (κ1) is 10.0. The third-order valence-corrected chi connectivity index (χ3v) is 2.85. The maximum atomic E-state index is 11.0. The second kappa shape index (κ2) is 3.35. The Kier molecular flexibility index (Phi) is 2.58. The van der Waals surface area contributed by atoms with E-state index in [0.29, 0.717) is 5.56 Å². The molecule has 0 amide bonds. The van der Waals surface area contributed by atoms with Gasteiger partial charge in [0.1, 0.15) is 11.1 Å². The minimum Gasteiger partial charge on any atom is -0.508 e. The van der Waals surface area contributed by atoms with Crippen molar-refractivity contribution in [2.24, 2.45) is 5.73 Å². The molecule has 1 rings (SSSR count). The van der Waals surface area contributed by atoms with Crippen molar-refractivity contribution in [1.82, 2.24) is 0 Å². The summed E-state index contributed by atoms with van der Waals surface area (Å²) in [5.41, 5.74) is 5.83. The van der Waals surface area contributed by atoms with Crippen molar-refractivity contribution >= 4 is 9.84 Å². The molecule has 0 aromatic heterocycles. The minimum absolute atomic E-state index is 0.0107.